The number of carbonyl (C=O) groups excluding carboxylic acids is 1. The molecule has 0 fully saturated rings. The van der Waals surface area contributed by atoms with E-state index in [1.807, 2.05) is 6.92 Å². The number of hydrogen-bond acceptors (Lipinski definition) is 6. The summed E-state index contributed by atoms with van der Waals surface area (Å²) in [5.41, 5.74) is -0.292. The van der Waals surface area contributed by atoms with E-state index in [1.54, 1.807) is 0 Å². The van der Waals surface area contributed by atoms with E-state index in [4.69, 9.17) is 22.8 Å². The minimum absolute atomic E-state index is 0.156. The normalized spacial score (nSPS) is 13.1. The van der Waals surface area contributed by atoms with Crippen LogP contribution in [-0.4, -0.2) is 55.0 Å². The van der Waals surface area contributed by atoms with E-state index < -0.39 is 14.8 Å². The van der Waals surface area contributed by atoms with Crippen molar-refractivity contribution in [2.75, 3.05) is 34.5 Å². The lowest BCUT2D eigenvalue weighted by Crippen LogP contribution is -2.55. The van der Waals surface area contributed by atoms with Crippen molar-refractivity contribution in [3.8, 4) is 0 Å². The van der Waals surface area contributed by atoms with E-state index >= 15 is 0 Å². The van der Waals surface area contributed by atoms with E-state index in [1.165, 1.54) is 21.3 Å². The van der Waals surface area contributed by atoms with Crippen LogP contribution in [0.15, 0.2) is 12.7 Å². The van der Waals surface area contributed by atoms with Gasteiger partial charge in [-0.25, -0.2) is 4.79 Å². The molecule has 0 aromatic heterocycles. The smallest absolute Gasteiger partial charge is 0.460 e. The van der Waals surface area contributed by atoms with Crippen molar-refractivity contribution in [3.05, 3.63) is 12.7 Å². The van der Waals surface area contributed by atoms with Crippen LogP contribution in [0.2, 0.25) is 0 Å². The van der Waals surface area contributed by atoms with Crippen molar-refractivity contribution in [2.45, 2.75) is 19.1 Å². The lowest BCUT2D eigenvalue weighted by Gasteiger charge is -2.31. The molecular weight excluding hydrogens is 256 g/mol. The molecule has 1 unspecified atom stereocenters. The van der Waals surface area contributed by atoms with Gasteiger partial charge in [-0.2, -0.15) is 0 Å². The summed E-state index contributed by atoms with van der Waals surface area (Å²) in [6.45, 7) is 5.65. The topological polar surface area (TPSA) is 63.2 Å². The Morgan fingerprint density at radius 2 is 1.78 bits per heavy atom. The highest BCUT2D eigenvalue weighted by molar-refractivity contribution is 6.62. The maximum atomic E-state index is 10.8. The molecule has 0 aromatic rings. The third-order valence-corrected chi connectivity index (χ3v) is 5.50. The fourth-order valence-corrected chi connectivity index (χ4v) is 3.62. The molecule has 0 aliphatic carbocycles. The van der Waals surface area contributed by atoms with E-state index in [0.717, 1.165) is 6.08 Å². The first-order valence-electron chi connectivity index (χ1n) is 5.66. The van der Waals surface area contributed by atoms with E-state index in [-0.39, 0.29) is 18.9 Å². The van der Waals surface area contributed by atoms with Crippen LogP contribution in [0, 0.1) is 0 Å². The second kappa shape index (κ2) is 9.23. The van der Waals surface area contributed by atoms with Gasteiger partial charge in [0.15, 0.2) is 0 Å². The average Bonchev–Trinajstić information content (AvgIpc) is 2.42. The molecule has 0 radical (unpaired) electrons. The van der Waals surface area contributed by atoms with Crippen LogP contribution < -0.4 is 0 Å². The Labute approximate surface area is 109 Å². The molecule has 0 rings (SSSR count). The molecule has 0 amide bonds. The number of esters is 1. The van der Waals surface area contributed by atoms with Crippen LogP contribution >= 0.6 is 0 Å². The molecule has 0 heterocycles. The fraction of sp³-hybridized carbons (Fsp3) is 0.727. The predicted octanol–water partition coefficient (Wildman–Crippen LogP) is 0.928. The molecule has 0 aliphatic heterocycles. The van der Waals surface area contributed by atoms with Crippen molar-refractivity contribution < 1.29 is 27.5 Å². The van der Waals surface area contributed by atoms with Gasteiger partial charge in [-0.15, -0.1) is 0 Å². The minimum atomic E-state index is -2.82. The van der Waals surface area contributed by atoms with Crippen LogP contribution in [0.4, 0.5) is 0 Å². The van der Waals surface area contributed by atoms with Crippen molar-refractivity contribution in [1.82, 2.24) is 0 Å². The Hall–Kier alpha value is -0.733. The molecule has 18 heavy (non-hydrogen) atoms. The molecule has 0 saturated heterocycles. The predicted molar refractivity (Wildman–Crippen MR) is 68.0 cm³/mol. The van der Waals surface area contributed by atoms with Crippen molar-refractivity contribution >= 4 is 14.8 Å². The third-order valence-electron chi connectivity index (χ3n) is 2.43. The zero-order valence-corrected chi connectivity index (χ0v) is 12.4. The summed E-state index contributed by atoms with van der Waals surface area (Å²) in [5, 5.41) is 0. The molecule has 106 valence electrons. The number of rotatable bonds is 10. The third kappa shape index (κ3) is 4.87. The summed E-state index contributed by atoms with van der Waals surface area (Å²) >= 11 is 0. The molecular formula is C11H22O6Si. The molecule has 0 bridgehead atoms. The maximum Gasteiger partial charge on any atom is 0.530 e. The van der Waals surface area contributed by atoms with Gasteiger partial charge in [-0.05, 0) is 6.42 Å². The van der Waals surface area contributed by atoms with Crippen LogP contribution in [0.1, 0.15) is 13.3 Å². The van der Waals surface area contributed by atoms with Crippen LogP contribution in [0.25, 0.3) is 0 Å². The number of hydrogen-bond donors (Lipinski definition) is 0. The summed E-state index contributed by atoms with van der Waals surface area (Å²) in [4.78, 5) is 10.8. The van der Waals surface area contributed by atoms with Gasteiger partial charge in [0.2, 0.25) is 0 Å². The van der Waals surface area contributed by atoms with Gasteiger partial charge in [-0.3, -0.25) is 0 Å². The van der Waals surface area contributed by atoms with Gasteiger partial charge in [0.1, 0.15) is 12.3 Å². The van der Waals surface area contributed by atoms with Gasteiger partial charge in [0.25, 0.3) is 0 Å². The monoisotopic (exact) mass is 278 g/mol. The van der Waals surface area contributed by atoms with Crippen LogP contribution in [-0.2, 0) is 27.5 Å². The molecule has 6 nitrogen and oxygen atoms in total. The lowest BCUT2D eigenvalue weighted by molar-refractivity contribution is -0.139. The summed E-state index contributed by atoms with van der Waals surface area (Å²) in [6.07, 6.45) is 1.78. The zero-order valence-electron chi connectivity index (χ0n) is 11.4. The van der Waals surface area contributed by atoms with E-state index in [9.17, 15) is 4.79 Å². The molecule has 0 N–H and O–H groups in total. The van der Waals surface area contributed by atoms with Gasteiger partial charge >= 0.3 is 14.8 Å². The van der Waals surface area contributed by atoms with E-state index in [2.05, 4.69) is 6.58 Å². The van der Waals surface area contributed by atoms with Gasteiger partial charge in [0, 0.05) is 27.4 Å². The van der Waals surface area contributed by atoms with E-state index in [0.29, 0.717) is 6.42 Å². The minimum Gasteiger partial charge on any atom is -0.460 e. The standard InChI is InChI=1S/C11H22O6Si/c1-6-10(12)16-8-9-17-11(7-2)18(13-3,14-4)15-5/h6,11H,1,7-9H2,2-5H3. The summed E-state index contributed by atoms with van der Waals surface area (Å²) in [5.74, 6) is -0.472. The summed E-state index contributed by atoms with van der Waals surface area (Å²) in [7, 11) is 1.78. The first-order chi connectivity index (χ1) is 8.60. The second-order valence-corrected chi connectivity index (χ2v) is 6.43. The zero-order chi connectivity index (χ0) is 14.0. The van der Waals surface area contributed by atoms with Gasteiger partial charge < -0.3 is 22.8 Å². The van der Waals surface area contributed by atoms with Gasteiger partial charge in [-0.1, -0.05) is 13.5 Å². The lowest BCUT2D eigenvalue weighted by atomic mass is 10.5. The SMILES string of the molecule is C=CC(=O)OCCOC(CC)[Si](OC)(OC)OC. The summed E-state index contributed by atoms with van der Waals surface area (Å²) < 4.78 is 26.4. The largest absolute Gasteiger partial charge is 0.530 e. The first-order valence-corrected chi connectivity index (χ1v) is 7.46. The molecule has 0 spiro atoms. The van der Waals surface area contributed by atoms with Crippen molar-refractivity contribution in [3.63, 3.8) is 0 Å². The Bertz CT molecular complexity index is 246. The van der Waals surface area contributed by atoms with Crippen LogP contribution in [0.5, 0.6) is 0 Å². The number of carbonyl (C=O) groups is 1. The van der Waals surface area contributed by atoms with Crippen LogP contribution in [0.3, 0.4) is 0 Å². The number of ether oxygens (including phenoxy) is 2. The molecule has 0 aromatic carbocycles. The Morgan fingerprint density at radius 3 is 2.17 bits per heavy atom. The maximum absolute atomic E-state index is 10.8. The Morgan fingerprint density at radius 1 is 1.22 bits per heavy atom. The molecule has 7 heteroatoms. The highest BCUT2D eigenvalue weighted by Gasteiger charge is 2.47. The highest BCUT2D eigenvalue weighted by Crippen LogP contribution is 2.17. The Balaban J connectivity index is 4.24. The van der Waals surface area contributed by atoms with Crippen molar-refractivity contribution in [1.29, 1.82) is 0 Å². The second-order valence-electron chi connectivity index (χ2n) is 3.36. The quantitative estimate of drug-likeness (QED) is 0.256. The first kappa shape index (κ1) is 17.3. The fourth-order valence-electron chi connectivity index (χ4n) is 1.51. The Kier molecular flexibility index (Phi) is 8.85. The molecule has 0 aliphatic rings. The van der Waals surface area contributed by atoms with Gasteiger partial charge in [0.05, 0.1) is 6.61 Å². The highest BCUT2D eigenvalue weighted by atomic mass is 28.4. The summed E-state index contributed by atoms with van der Waals surface area (Å²) in [6, 6.07) is 0. The molecule has 0 saturated carbocycles. The molecule has 1 atom stereocenters. The average molecular weight is 278 g/mol. The van der Waals surface area contributed by atoms with Crippen molar-refractivity contribution in [2.24, 2.45) is 0 Å².